The zero-order valence-electron chi connectivity index (χ0n) is 19.0. The lowest BCUT2D eigenvalue weighted by Gasteiger charge is -2.33. The van der Waals surface area contributed by atoms with Crippen LogP contribution < -0.4 is 15.2 Å². The summed E-state index contributed by atoms with van der Waals surface area (Å²) in [5, 5.41) is 16.7. The van der Waals surface area contributed by atoms with E-state index in [1.54, 1.807) is 29.7 Å². The number of rotatable bonds is 7. The molecule has 2 fully saturated rings. The first-order chi connectivity index (χ1) is 16.5. The lowest BCUT2D eigenvalue weighted by atomic mass is 10.0. The van der Waals surface area contributed by atoms with Crippen molar-refractivity contribution in [3.8, 4) is 6.07 Å². The molecule has 182 valence electrons. The molecular formula is C23H28ClFN6O2S. The van der Waals surface area contributed by atoms with Gasteiger partial charge in [-0.1, -0.05) is 11.6 Å². The highest BCUT2D eigenvalue weighted by Gasteiger charge is 2.25. The summed E-state index contributed by atoms with van der Waals surface area (Å²) in [5.41, 5.74) is 0.988. The molecule has 11 heteroatoms. The van der Waals surface area contributed by atoms with Gasteiger partial charge in [0.25, 0.3) is 5.56 Å². The highest BCUT2D eigenvalue weighted by molar-refractivity contribution is 7.98. The summed E-state index contributed by atoms with van der Waals surface area (Å²) in [5.74, 6) is -0.0241. The zero-order valence-corrected chi connectivity index (χ0v) is 20.6. The number of nitrogens with one attached hydrogen (secondary N) is 1. The molecule has 0 radical (unpaired) electrons. The highest BCUT2D eigenvalue weighted by Crippen LogP contribution is 2.31. The molecule has 0 amide bonds. The molecule has 1 aromatic heterocycles. The average molecular weight is 507 g/mol. The summed E-state index contributed by atoms with van der Waals surface area (Å²) in [6, 6.07) is 6.35. The van der Waals surface area contributed by atoms with Gasteiger partial charge in [-0.25, -0.2) is 13.4 Å². The molecular weight excluding hydrogens is 479 g/mol. The van der Waals surface area contributed by atoms with Gasteiger partial charge in [0, 0.05) is 45.4 Å². The Morgan fingerprint density at radius 3 is 2.85 bits per heavy atom. The second kappa shape index (κ2) is 11.4. The summed E-state index contributed by atoms with van der Waals surface area (Å²) in [6.45, 7) is 3.66. The van der Waals surface area contributed by atoms with Gasteiger partial charge in [0.1, 0.15) is 10.8 Å². The van der Waals surface area contributed by atoms with E-state index in [9.17, 15) is 9.18 Å². The largest absolute Gasteiger partial charge is 0.382 e. The van der Waals surface area contributed by atoms with Crippen LogP contribution in [-0.2, 0) is 4.74 Å². The molecule has 1 aromatic carbocycles. The topological polar surface area (TPSA) is 86.4 Å². The molecule has 1 N–H and O–H groups in total. The predicted octanol–water partition coefficient (Wildman–Crippen LogP) is 4.08. The van der Waals surface area contributed by atoms with E-state index >= 15 is 0 Å². The van der Waals surface area contributed by atoms with Gasteiger partial charge in [0.2, 0.25) is 0 Å². The lowest BCUT2D eigenvalue weighted by Crippen LogP contribution is -2.37. The summed E-state index contributed by atoms with van der Waals surface area (Å²) < 4.78 is 25.2. The molecule has 2 saturated heterocycles. The number of aromatic nitrogens is 2. The van der Waals surface area contributed by atoms with Crippen LogP contribution in [0.2, 0.25) is 5.02 Å². The fourth-order valence-electron chi connectivity index (χ4n) is 4.27. The molecule has 2 aromatic rings. The first-order valence-electron chi connectivity index (χ1n) is 11.4. The molecule has 0 aliphatic carbocycles. The zero-order chi connectivity index (χ0) is 24.1. The summed E-state index contributed by atoms with van der Waals surface area (Å²) >= 11 is 7.81. The quantitative estimate of drug-likeness (QED) is 0.562. The molecule has 8 nitrogen and oxygen atoms in total. The van der Waals surface area contributed by atoms with Crippen molar-refractivity contribution >= 4 is 35.1 Å². The Balaban J connectivity index is 1.32. The number of benzene rings is 1. The average Bonchev–Trinajstić information content (AvgIpc) is 2.86. The third-order valence-electron chi connectivity index (χ3n) is 6.20. The minimum Gasteiger partial charge on any atom is -0.382 e. The maximum Gasteiger partial charge on any atom is 0.287 e. The summed E-state index contributed by atoms with van der Waals surface area (Å²) in [7, 11) is 1.79. The van der Waals surface area contributed by atoms with Crippen LogP contribution in [0, 0.1) is 23.1 Å². The minimum absolute atomic E-state index is 0.0420. The number of nitrogens with zero attached hydrogens (tertiary/aromatic N) is 5. The van der Waals surface area contributed by atoms with Crippen molar-refractivity contribution in [2.45, 2.75) is 31.7 Å². The van der Waals surface area contributed by atoms with Crippen molar-refractivity contribution in [2.24, 2.45) is 5.92 Å². The standard InChI is InChI=1S/C23H28ClFN6O2S/c1-29(21-5-4-16(12-26)11-19(21)25)34-30-8-6-18(7-9-30)31-23(32)22(24)20(14-28-31)27-13-17-3-2-10-33-15-17/h4-5,11,14,17-18,27H,2-3,6-10,13,15H2,1H3/t17-/m0/s1. The Morgan fingerprint density at radius 1 is 1.38 bits per heavy atom. The molecule has 0 bridgehead atoms. The van der Waals surface area contributed by atoms with Gasteiger partial charge in [0.05, 0.1) is 41.9 Å². The van der Waals surface area contributed by atoms with Crippen molar-refractivity contribution in [2.75, 3.05) is 49.5 Å². The molecule has 0 saturated carbocycles. The fourth-order valence-corrected chi connectivity index (χ4v) is 5.43. The third-order valence-corrected chi connectivity index (χ3v) is 7.61. The van der Waals surface area contributed by atoms with Crippen LogP contribution in [0.4, 0.5) is 15.8 Å². The Bertz CT molecular complexity index is 1100. The number of ether oxygens (including phenoxy) is 1. The number of hydrogen-bond donors (Lipinski definition) is 1. The van der Waals surface area contributed by atoms with E-state index in [0.717, 1.165) is 38.9 Å². The second-order valence-electron chi connectivity index (χ2n) is 8.60. The normalized spacial score (nSPS) is 19.5. The van der Waals surface area contributed by atoms with E-state index in [-0.39, 0.29) is 16.6 Å². The van der Waals surface area contributed by atoms with Crippen LogP contribution in [0.15, 0.2) is 29.2 Å². The third kappa shape index (κ3) is 5.84. The van der Waals surface area contributed by atoms with Crippen LogP contribution in [0.5, 0.6) is 0 Å². The monoisotopic (exact) mass is 506 g/mol. The van der Waals surface area contributed by atoms with Crippen molar-refractivity contribution in [3.63, 3.8) is 0 Å². The fraction of sp³-hybridized carbons (Fsp3) is 0.522. The molecule has 0 spiro atoms. The SMILES string of the molecule is CN(SN1CCC(n2ncc(NC[C@@H]3CCCOC3)c(Cl)c2=O)CC1)c1ccc(C#N)cc1F. The summed E-state index contributed by atoms with van der Waals surface area (Å²) in [4.78, 5) is 12.9. The van der Waals surface area contributed by atoms with Crippen molar-refractivity contribution in [3.05, 3.63) is 51.2 Å². The summed E-state index contributed by atoms with van der Waals surface area (Å²) in [6.07, 6.45) is 5.24. The van der Waals surface area contributed by atoms with E-state index in [2.05, 4.69) is 14.7 Å². The van der Waals surface area contributed by atoms with Gasteiger partial charge in [-0.15, -0.1) is 0 Å². The van der Waals surface area contributed by atoms with Crippen LogP contribution in [0.25, 0.3) is 0 Å². The second-order valence-corrected chi connectivity index (χ2v) is 10.2. The Labute approximate surface area is 207 Å². The molecule has 2 aliphatic heterocycles. The molecule has 2 aliphatic rings. The minimum atomic E-state index is -0.431. The number of nitriles is 1. The van der Waals surface area contributed by atoms with E-state index < -0.39 is 5.82 Å². The van der Waals surface area contributed by atoms with E-state index in [4.69, 9.17) is 21.6 Å². The van der Waals surface area contributed by atoms with E-state index in [1.165, 1.54) is 22.9 Å². The van der Waals surface area contributed by atoms with Gasteiger partial charge in [-0.3, -0.25) is 4.79 Å². The van der Waals surface area contributed by atoms with Gasteiger partial charge >= 0.3 is 0 Å². The van der Waals surface area contributed by atoms with E-state index in [1.807, 2.05) is 6.07 Å². The first kappa shape index (κ1) is 24.8. The lowest BCUT2D eigenvalue weighted by molar-refractivity contribution is 0.0595. The van der Waals surface area contributed by atoms with Crippen LogP contribution in [0.3, 0.4) is 0 Å². The number of anilines is 2. The van der Waals surface area contributed by atoms with E-state index in [0.29, 0.717) is 42.5 Å². The molecule has 34 heavy (non-hydrogen) atoms. The van der Waals surface area contributed by atoms with Crippen molar-refractivity contribution < 1.29 is 9.13 Å². The Morgan fingerprint density at radius 2 is 2.18 bits per heavy atom. The predicted molar refractivity (Wildman–Crippen MR) is 132 cm³/mol. The molecule has 1 atom stereocenters. The maximum absolute atomic E-state index is 14.3. The molecule has 0 unspecified atom stereocenters. The highest BCUT2D eigenvalue weighted by atomic mass is 35.5. The maximum atomic E-state index is 14.3. The van der Waals surface area contributed by atoms with Gasteiger partial charge < -0.3 is 14.4 Å². The molecule has 4 rings (SSSR count). The van der Waals surface area contributed by atoms with Crippen LogP contribution in [0.1, 0.15) is 37.3 Å². The van der Waals surface area contributed by atoms with Crippen molar-refractivity contribution in [1.29, 1.82) is 5.26 Å². The first-order valence-corrected chi connectivity index (χ1v) is 12.5. The van der Waals surface area contributed by atoms with Gasteiger partial charge in [0.15, 0.2) is 0 Å². The van der Waals surface area contributed by atoms with Gasteiger partial charge in [-0.2, -0.15) is 10.4 Å². The smallest absolute Gasteiger partial charge is 0.287 e. The number of hydrogen-bond acceptors (Lipinski definition) is 8. The molecule has 3 heterocycles. The van der Waals surface area contributed by atoms with Crippen LogP contribution in [-0.4, -0.2) is 54.0 Å². The van der Waals surface area contributed by atoms with Crippen LogP contribution >= 0.6 is 23.7 Å². The Hall–Kier alpha value is -2.32. The van der Waals surface area contributed by atoms with Gasteiger partial charge in [-0.05, 0) is 49.8 Å². The number of piperidine rings is 1. The Kier molecular flexibility index (Phi) is 8.32. The number of halogens is 2. The van der Waals surface area contributed by atoms with Crippen molar-refractivity contribution in [1.82, 2.24) is 14.1 Å².